The van der Waals surface area contributed by atoms with Crippen LogP contribution in [0, 0.1) is 23.6 Å². The van der Waals surface area contributed by atoms with E-state index in [0.29, 0.717) is 18.3 Å². The smallest absolute Gasteiger partial charge is 0.244 e. The Labute approximate surface area is 193 Å². The van der Waals surface area contributed by atoms with Crippen LogP contribution in [-0.2, 0) is 26.7 Å². The van der Waals surface area contributed by atoms with Crippen LogP contribution in [0.3, 0.4) is 0 Å². The van der Waals surface area contributed by atoms with Gasteiger partial charge in [-0.3, -0.25) is 18.4 Å². The second-order valence-corrected chi connectivity index (χ2v) is 7.36. The quantitative estimate of drug-likeness (QED) is 0.251. The van der Waals surface area contributed by atoms with Crippen molar-refractivity contribution in [1.82, 2.24) is 14.8 Å². The predicted molar refractivity (Wildman–Crippen MR) is 114 cm³/mol. The van der Waals surface area contributed by atoms with E-state index >= 15 is 0 Å². The first-order valence-electron chi connectivity index (χ1n) is 9.75. The summed E-state index contributed by atoms with van der Waals surface area (Å²) in [6.45, 7) is 4.62. The summed E-state index contributed by atoms with van der Waals surface area (Å²) in [5.74, 6) is -0.427. The zero-order valence-corrected chi connectivity index (χ0v) is 19.5. The van der Waals surface area contributed by atoms with Gasteiger partial charge in [-0.25, -0.2) is 4.98 Å². The van der Waals surface area contributed by atoms with Crippen molar-refractivity contribution in [2.75, 3.05) is 4.90 Å². The van der Waals surface area contributed by atoms with Crippen molar-refractivity contribution in [3.8, 4) is 11.4 Å². The number of hydrogen-bond acceptors (Lipinski definition) is 3. The molecule has 0 saturated carbocycles. The maximum absolute atomic E-state index is 14.5. The zero-order valence-electron chi connectivity index (χ0n) is 17.1. The van der Waals surface area contributed by atoms with Crippen molar-refractivity contribution in [2.45, 2.75) is 20.4 Å². The molecule has 31 heavy (non-hydrogen) atoms. The van der Waals surface area contributed by atoms with E-state index in [2.05, 4.69) is 11.1 Å². The molecule has 1 heterocycles. The first-order chi connectivity index (χ1) is 14.5. The molecule has 1 radical (unpaired) electrons. The van der Waals surface area contributed by atoms with Crippen molar-refractivity contribution < 1.29 is 28.9 Å². The Kier molecular flexibility index (Phi) is 7.31. The largest absolute Gasteiger partial charge is 0.283 e. The molecule has 0 aliphatic carbocycles. The molecule has 0 spiro atoms. The number of halogens is 2. The predicted octanol–water partition coefficient (Wildman–Crippen LogP) is 6.15. The Hall–Kier alpha value is -2.89. The van der Waals surface area contributed by atoms with Gasteiger partial charge < -0.3 is 0 Å². The van der Waals surface area contributed by atoms with Crippen molar-refractivity contribution in [3.63, 3.8) is 0 Å². The molecule has 1 aromatic heterocycles. The van der Waals surface area contributed by atoms with Crippen molar-refractivity contribution >= 4 is 17.3 Å². The van der Waals surface area contributed by atoms with E-state index in [9.17, 15) is 8.78 Å². The fourth-order valence-electron chi connectivity index (χ4n) is 3.23. The summed E-state index contributed by atoms with van der Waals surface area (Å²) in [6.07, 6.45) is 0. The maximum atomic E-state index is 14.5. The molecule has 0 atom stereocenters. The van der Waals surface area contributed by atoms with E-state index in [4.69, 9.17) is 5.10 Å². The van der Waals surface area contributed by atoms with Crippen LogP contribution in [0.1, 0.15) is 13.8 Å². The van der Waals surface area contributed by atoms with Crippen molar-refractivity contribution in [1.29, 1.82) is 0 Å². The van der Waals surface area contributed by atoms with Gasteiger partial charge in [-0.15, -0.1) is 17.2 Å². The molecule has 0 N–H and O–H groups in total. The van der Waals surface area contributed by atoms with Gasteiger partial charge in [0, 0.05) is 49.7 Å². The molecular formula is C24H21F2IrN4-. The van der Waals surface area contributed by atoms with Gasteiger partial charge in [-0.2, -0.15) is 0 Å². The average molecular weight is 596 g/mol. The third kappa shape index (κ3) is 5.06. The first-order valence-corrected chi connectivity index (χ1v) is 9.75. The molecule has 0 bridgehead atoms. The summed E-state index contributed by atoms with van der Waals surface area (Å²) in [6, 6.07) is 24.1. The zero-order chi connectivity index (χ0) is 21.1. The number of anilines is 3. The molecular weight excluding hydrogens is 575 g/mol. The molecule has 0 amide bonds. The number of hydrogen-bond donors (Lipinski definition) is 0. The van der Waals surface area contributed by atoms with Crippen LogP contribution in [-0.4, -0.2) is 14.8 Å². The Bertz CT molecular complexity index is 1090. The molecule has 0 saturated heterocycles. The van der Waals surface area contributed by atoms with Crippen LogP contribution < -0.4 is 4.90 Å². The van der Waals surface area contributed by atoms with Gasteiger partial charge in [0.25, 0.3) is 0 Å². The van der Waals surface area contributed by atoms with Crippen LogP contribution in [0.2, 0.25) is 0 Å². The van der Waals surface area contributed by atoms with E-state index in [0.717, 1.165) is 23.5 Å². The molecule has 0 aliphatic heterocycles. The summed E-state index contributed by atoms with van der Waals surface area (Å²) >= 11 is 0. The van der Waals surface area contributed by atoms with E-state index in [1.807, 2.05) is 79.4 Å². The van der Waals surface area contributed by atoms with E-state index in [1.165, 1.54) is 0 Å². The van der Waals surface area contributed by atoms with Crippen LogP contribution >= 0.6 is 0 Å². The minimum Gasteiger partial charge on any atom is -0.283 e. The minimum atomic E-state index is -0.718. The topological polar surface area (TPSA) is 34.0 Å². The fourth-order valence-corrected chi connectivity index (χ4v) is 3.23. The van der Waals surface area contributed by atoms with Gasteiger partial charge in [0.1, 0.15) is 0 Å². The molecule has 4 rings (SSSR count). The fraction of sp³-hybridized carbons (Fsp3) is 0.167. The second kappa shape index (κ2) is 9.94. The number of para-hydroxylation sites is 2. The van der Waals surface area contributed by atoms with Crippen LogP contribution in [0.15, 0.2) is 72.8 Å². The minimum absolute atomic E-state index is 0. The van der Waals surface area contributed by atoms with Gasteiger partial charge in [0.15, 0.2) is 0 Å². The number of benzene rings is 3. The summed E-state index contributed by atoms with van der Waals surface area (Å²) in [5, 5.41) is 4.69. The Morgan fingerprint density at radius 2 is 1.55 bits per heavy atom. The van der Waals surface area contributed by atoms with Crippen LogP contribution in [0.5, 0.6) is 0 Å². The molecule has 161 valence electrons. The summed E-state index contributed by atoms with van der Waals surface area (Å²) in [4.78, 5) is 6.57. The Balaban J connectivity index is 0.00000272. The standard InChI is InChI=1S/C24H21F2N4.Ir/c1-17(2)16-29-23(21-14-13-18(25)15-22(21)26)27-24(28-29)30(19-9-5-3-6-10-19)20-11-7-4-8-12-20;/h3-13,15,17H,16H2,1-2H3;/q-1;. The monoisotopic (exact) mass is 596 g/mol. The number of aromatic nitrogens is 3. The summed E-state index contributed by atoms with van der Waals surface area (Å²) in [5.41, 5.74) is 1.85. The van der Waals surface area contributed by atoms with Crippen molar-refractivity contribution in [3.05, 3.63) is 90.5 Å². The SMILES string of the molecule is CC(C)Cn1nc(N(c2ccccc2)c2ccccc2)nc1-c1[c-]cc(F)cc1F.[Ir]. The third-order valence-corrected chi connectivity index (χ3v) is 4.51. The van der Waals surface area contributed by atoms with Gasteiger partial charge in [-0.1, -0.05) is 61.9 Å². The van der Waals surface area contributed by atoms with Crippen molar-refractivity contribution in [2.24, 2.45) is 5.92 Å². The number of nitrogens with zero attached hydrogens (tertiary/aromatic N) is 4. The molecule has 4 aromatic rings. The van der Waals surface area contributed by atoms with Gasteiger partial charge in [-0.05, 0) is 30.2 Å². The Morgan fingerprint density at radius 3 is 2.06 bits per heavy atom. The normalized spacial score (nSPS) is 10.7. The summed E-state index contributed by atoms with van der Waals surface area (Å²) < 4.78 is 29.6. The van der Waals surface area contributed by atoms with Gasteiger partial charge >= 0.3 is 0 Å². The molecule has 4 nitrogen and oxygen atoms in total. The van der Waals surface area contributed by atoms with Crippen LogP contribution in [0.4, 0.5) is 26.1 Å². The Morgan fingerprint density at radius 1 is 0.968 bits per heavy atom. The molecule has 0 fully saturated rings. The number of rotatable bonds is 6. The van der Waals surface area contributed by atoms with E-state index < -0.39 is 11.6 Å². The van der Waals surface area contributed by atoms with Gasteiger partial charge in [0.2, 0.25) is 5.95 Å². The van der Waals surface area contributed by atoms with Crippen LogP contribution in [0.25, 0.3) is 11.4 Å². The van der Waals surface area contributed by atoms with Gasteiger partial charge in [0.05, 0.1) is 5.82 Å². The van der Waals surface area contributed by atoms with E-state index in [-0.39, 0.29) is 31.6 Å². The average Bonchev–Trinajstić information content (AvgIpc) is 3.12. The molecule has 3 aromatic carbocycles. The van der Waals surface area contributed by atoms with E-state index in [1.54, 1.807) is 4.68 Å². The maximum Gasteiger partial charge on any atom is 0.244 e. The summed E-state index contributed by atoms with van der Waals surface area (Å²) in [7, 11) is 0. The first kappa shape index (κ1) is 22.8. The third-order valence-electron chi connectivity index (χ3n) is 4.51. The molecule has 7 heteroatoms. The molecule has 0 aliphatic rings. The molecule has 0 unspecified atom stereocenters. The second-order valence-electron chi connectivity index (χ2n) is 7.36.